The van der Waals surface area contributed by atoms with Crippen molar-refractivity contribution in [1.82, 2.24) is 25.2 Å². The highest BCUT2D eigenvalue weighted by Crippen LogP contribution is 2.46. The quantitative estimate of drug-likeness (QED) is 0.268. The van der Waals surface area contributed by atoms with Gasteiger partial charge in [0.15, 0.2) is 0 Å². The number of carbonyl (C=O) groups excluding carboxylic acids is 4. The molecule has 4 aliphatic rings. The summed E-state index contributed by atoms with van der Waals surface area (Å²) in [6, 6.07) is 17.6. The first-order valence-electron chi connectivity index (χ1n) is 19.0. The number of fused-ring (bicyclic) bond motifs is 3. The molecule has 0 bridgehead atoms. The van der Waals surface area contributed by atoms with Crippen molar-refractivity contribution < 1.29 is 32.9 Å². The summed E-state index contributed by atoms with van der Waals surface area (Å²) in [7, 11) is -1.54. The first-order valence-corrected chi connectivity index (χ1v) is 20.2. The van der Waals surface area contributed by atoms with Crippen LogP contribution in [0.5, 0.6) is 5.88 Å². The largest absolute Gasteiger partial charge is 0.472 e. The number of amides is 4. The predicted octanol–water partition coefficient (Wildman–Crippen LogP) is 5.48. The van der Waals surface area contributed by atoms with Gasteiger partial charge in [0.2, 0.25) is 17.7 Å². The van der Waals surface area contributed by atoms with Crippen molar-refractivity contribution in [3.8, 4) is 17.1 Å². The van der Waals surface area contributed by atoms with Crippen LogP contribution in [-0.4, -0.2) is 79.0 Å². The second kappa shape index (κ2) is 15.5. The lowest BCUT2D eigenvalue weighted by atomic mass is 10.0. The number of hydrogen-bond acceptors (Lipinski definition) is 8. The molecule has 12 nitrogen and oxygen atoms in total. The second-order valence-corrected chi connectivity index (χ2v) is 17.3. The molecule has 0 radical (unpaired) electrons. The van der Waals surface area contributed by atoms with Crippen LogP contribution in [0.3, 0.4) is 0 Å². The molecule has 0 spiro atoms. The number of nitrogens with one attached hydrogen (secondary N) is 3. The first-order chi connectivity index (χ1) is 25.9. The van der Waals surface area contributed by atoms with Gasteiger partial charge in [-0.3, -0.25) is 19.1 Å². The molecule has 4 amide bonds. The summed E-state index contributed by atoms with van der Waals surface area (Å²) in [5.74, 6) is -1.34. The van der Waals surface area contributed by atoms with Crippen molar-refractivity contribution in [1.29, 1.82) is 0 Å². The molecule has 3 N–H and O–H groups in total. The van der Waals surface area contributed by atoms with E-state index in [0.29, 0.717) is 25.1 Å². The minimum Gasteiger partial charge on any atom is -0.472 e. The van der Waals surface area contributed by atoms with Crippen molar-refractivity contribution in [2.45, 2.75) is 113 Å². The number of allylic oxidation sites excluding steroid dienone is 1. The molecule has 2 saturated carbocycles. The van der Waals surface area contributed by atoms with Gasteiger partial charge in [0.1, 0.15) is 40.3 Å². The highest BCUT2D eigenvalue weighted by Gasteiger charge is 2.61. The van der Waals surface area contributed by atoms with Gasteiger partial charge in [-0.2, -0.15) is 0 Å². The van der Waals surface area contributed by atoms with Crippen LogP contribution in [0.25, 0.3) is 22.0 Å². The zero-order chi connectivity index (χ0) is 38.0. The van der Waals surface area contributed by atoms with Gasteiger partial charge in [-0.25, -0.2) is 14.0 Å². The maximum Gasteiger partial charge on any atom is 0.408 e. The molecule has 13 heteroatoms. The Kier molecular flexibility index (Phi) is 10.8. The molecular weight excluding hydrogens is 707 g/mol. The van der Waals surface area contributed by atoms with Crippen LogP contribution >= 0.6 is 0 Å². The number of pyridine rings is 1. The zero-order valence-corrected chi connectivity index (χ0v) is 31.9. The van der Waals surface area contributed by atoms with E-state index in [1.165, 1.54) is 4.90 Å². The van der Waals surface area contributed by atoms with E-state index in [-0.39, 0.29) is 24.1 Å². The van der Waals surface area contributed by atoms with Crippen LogP contribution in [0, 0.1) is 5.92 Å². The van der Waals surface area contributed by atoms with Crippen LogP contribution in [0.1, 0.15) is 78.6 Å². The van der Waals surface area contributed by atoms with E-state index in [0.717, 1.165) is 54.1 Å². The average Bonchev–Trinajstić information content (AvgIpc) is 4.06. The standard InChI is InChI=1S/C41H49N5O7S/c1-40(2,3)53-39(50)43-32-19-11-6-4-5-10-17-28-24-41(28,38(49)45-54(51)30-20-21-30)44-35(47)34-23-29(25-46(34)37(32)48)52-36-31-18-13-12-16-27(31)22-33(42-36)26-14-8-7-9-15-26/h7-10,12-18,22,28-30,32,34H,4-6,11,19-21,23-25H2,1-3H3,(H,43,50)(H,44,47)(H,45,49)/b17-10-/t28-,29-,32+,34+,41-,54?/m1/s1. The molecule has 286 valence electrons. The Morgan fingerprint density at radius 2 is 1.76 bits per heavy atom. The number of ether oxygens (including phenoxy) is 2. The monoisotopic (exact) mass is 755 g/mol. The number of rotatable bonds is 7. The van der Waals surface area contributed by atoms with Gasteiger partial charge in [0.25, 0.3) is 5.91 Å². The van der Waals surface area contributed by atoms with E-state index in [9.17, 15) is 23.4 Å². The molecule has 54 heavy (non-hydrogen) atoms. The maximum absolute atomic E-state index is 14.6. The van der Waals surface area contributed by atoms with E-state index in [4.69, 9.17) is 14.5 Å². The summed E-state index contributed by atoms with van der Waals surface area (Å²) < 4.78 is 27.6. The Balaban J connectivity index is 1.21. The average molecular weight is 756 g/mol. The fourth-order valence-corrected chi connectivity index (χ4v) is 8.43. The molecule has 3 fully saturated rings. The third-order valence-corrected chi connectivity index (χ3v) is 11.9. The van der Waals surface area contributed by atoms with Gasteiger partial charge < -0.3 is 25.0 Å². The topological polar surface area (TPSA) is 156 Å². The molecule has 1 unspecified atom stereocenters. The molecule has 1 saturated heterocycles. The van der Waals surface area contributed by atoms with Crippen LogP contribution in [0.2, 0.25) is 0 Å². The predicted molar refractivity (Wildman–Crippen MR) is 205 cm³/mol. The molecule has 2 aromatic carbocycles. The van der Waals surface area contributed by atoms with E-state index < -0.39 is 64.1 Å². The highest BCUT2D eigenvalue weighted by molar-refractivity contribution is 7.84. The second-order valence-electron chi connectivity index (χ2n) is 15.8. The third-order valence-electron chi connectivity index (χ3n) is 10.4. The minimum atomic E-state index is -1.54. The molecular formula is C41H49N5O7S. The molecule has 6 atom stereocenters. The summed E-state index contributed by atoms with van der Waals surface area (Å²) in [5.41, 5.74) is -0.437. The molecule has 1 aromatic heterocycles. The Morgan fingerprint density at radius 1 is 1.00 bits per heavy atom. The lowest BCUT2D eigenvalue weighted by molar-refractivity contribution is -0.141. The Hall–Kier alpha value is -4.78. The zero-order valence-electron chi connectivity index (χ0n) is 31.0. The number of nitrogens with zero attached hydrogens (tertiary/aromatic N) is 2. The number of hydrogen-bond donors (Lipinski definition) is 3. The smallest absolute Gasteiger partial charge is 0.408 e. The van der Waals surface area contributed by atoms with Gasteiger partial charge in [-0.15, -0.1) is 0 Å². The van der Waals surface area contributed by atoms with Crippen molar-refractivity contribution in [2.24, 2.45) is 5.92 Å². The Morgan fingerprint density at radius 3 is 2.52 bits per heavy atom. The summed E-state index contributed by atoms with van der Waals surface area (Å²) in [5, 5.41) is 7.44. The van der Waals surface area contributed by atoms with Crippen molar-refractivity contribution in [3.63, 3.8) is 0 Å². The van der Waals surface area contributed by atoms with Gasteiger partial charge in [0.05, 0.1) is 17.5 Å². The lowest BCUT2D eigenvalue weighted by Gasteiger charge is -2.30. The number of benzene rings is 2. The summed E-state index contributed by atoms with van der Waals surface area (Å²) >= 11 is 0. The minimum absolute atomic E-state index is 0.0449. The van der Waals surface area contributed by atoms with Gasteiger partial charge >= 0.3 is 6.09 Å². The summed E-state index contributed by atoms with van der Waals surface area (Å²) in [4.78, 5) is 62.2. The van der Waals surface area contributed by atoms with E-state index in [2.05, 4.69) is 15.4 Å². The molecule has 3 aromatic rings. The van der Waals surface area contributed by atoms with E-state index in [1.54, 1.807) is 20.8 Å². The van der Waals surface area contributed by atoms with Crippen molar-refractivity contribution in [2.75, 3.05) is 6.54 Å². The van der Waals surface area contributed by atoms with Crippen LogP contribution in [0.15, 0.2) is 72.8 Å². The van der Waals surface area contributed by atoms with Gasteiger partial charge in [-0.05, 0) is 76.8 Å². The normalized spacial score (nSPS) is 27.3. The van der Waals surface area contributed by atoms with Crippen molar-refractivity contribution in [3.05, 3.63) is 72.8 Å². The Bertz CT molecular complexity index is 1960. The summed E-state index contributed by atoms with van der Waals surface area (Å²) in [6.07, 6.45) is 8.10. The molecule has 2 aliphatic heterocycles. The van der Waals surface area contributed by atoms with E-state index in [1.807, 2.05) is 72.8 Å². The van der Waals surface area contributed by atoms with Crippen LogP contribution in [0.4, 0.5) is 4.79 Å². The van der Waals surface area contributed by atoms with Crippen LogP contribution < -0.4 is 20.1 Å². The number of alkyl carbamates (subject to hydrolysis) is 1. The third kappa shape index (κ3) is 8.61. The highest BCUT2D eigenvalue weighted by atomic mass is 32.2. The van der Waals surface area contributed by atoms with Crippen molar-refractivity contribution >= 4 is 45.6 Å². The fraction of sp³-hybridized carbons (Fsp3) is 0.488. The number of carbonyl (C=O) groups is 4. The molecule has 2 aliphatic carbocycles. The summed E-state index contributed by atoms with van der Waals surface area (Å²) in [6.45, 7) is 5.30. The van der Waals surface area contributed by atoms with E-state index >= 15 is 0 Å². The van der Waals surface area contributed by atoms with Crippen LogP contribution in [-0.2, 0) is 30.1 Å². The number of aromatic nitrogens is 1. The fourth-order valence-electron chi connectivity index (χ4n) is 7.33. The molecule has 3 heterocycles. The maximum atomic E-state index is 14.6. The Labute approximate surface area is 318 Å². The SMILES string of the molecule is CC(C)(C)OC(=O)N[C@H]1CCCCC/C=C\[C@@H]2C[C@@]2(C(=O)NS(=O)C2CC2)NC(=O)[C@@H]2C[C@@H](Oc3nc(-c4ccccc4)cc4ccccc34)CN2C1=O. The van der Waals surface area contributed by atoms with Gasteiger partial charge in [0, 0.05) is 23.3 Å². The first kappa shape index (κ1) is 37.5. The lowest BCUT2D eigenvalue weighted by Crippen LogP contribution is -2.58. The van der Waals surface area contributed by atoms with Gasteiger partial charge in [-0.1, -0.05) is 73.5 Å². The molecule has 7 rings (SSSR count).